The molecule has 2 fully saturated rings. The van der Waals surface area contributed by atoms with Crippen LogP contribution in [0, 0.1) is 30.6 Å². The molecule has 0 aliphatic carbocycles. The number of hydrogen-bond donors (Lipinski definition) is 5. The van der Waals surface area contributed by atoms with Crippen LogP contribution in [0.4, 0.5) is 10.5 Å². The van der Waals surface area contributed by atoms with E-state index in [2.05, 4.69) is 42.5 Å². The van der Waals surface area contributed by atoms with Gasteiger partial charge in [0.15, 0.2) is 5.78 Å². The minimum absolute atomic E-state index is 0.0181. The van der Waals surface area contributed by atoms with Crippen molar-refractivity contribution in [3.05, 3.63) is 81.4 Å². The fourth-order valence-corrected chi connectivity index (χ4v) is 13.2. The lowest BCUT2D eigenvalue weighted by atomic mass is 9.78. The fraction of sp³-hybridized carbons (Fsp3) is 0.615. The molecular formula is C65H90Br2ClN5O16. The highest BCUT2D eigenvalue weighted by atomic mass is 79.9. The summed E-state index contributed by atoms with van der Waals surface area (Å²) in [4.78, 5) is 124. The number of halogens is 3. The molecule has 2 saturated heterocycles. The number of ether oxygens (including phenoxy) is 5. The molecule has 0 spiro atoms. The minimum atomic E-state index is -1.66. The van der Waals surface area contributed by atoms with Gasteiger partial charge in [-0.25, -0.2) is 9.59 Å². The summed E-state index contributed by atoms with van der Waals surface area (Å²) < 4.78 is 29.9. The van der Waals surface area contributed by atoms with Gasteiger partial charge in [-0.1, -0.05) is 100 Å². The van der Waals surface area contributed by atoms with Crippen LogP contribution in [-0.4, -0.2) is 160 Å². The Bertz CT molecular complexity index is 2990. The van der Waals surface area contributed by atoms with Gasteiger partial charge in [0.25, 0.3) is 5.91 Å². The molecule has 24 heteroatoms. The summed E-state index contributed by atoms with van der Waals surface area (Å²) in [5, 5.41) is 29.9. The van der Waals surface area contributed by atoms with E-state index in [-0.39, 0.29) is 79.8 Å². The van der Waals surface area contributed by atoms with E-state index in [4.69, 9.17) is 41.0 Å². The number of amides is 5. The van der Waals surface area contributed by atoms with Crippen molar-refractivity contribution >= 4 is 102 Å². The average molecular weight is 1390 g/mol. The summed E-state index contributed by atoms with van der Waals surface area (Å²) in [6.07, 6.45) is 2.88. The molecule has 2 aromatic carbocycles. The summed E-state index contributed by atoms with van der Waals surface area (Å²) in [7, 11) is 4.37. The van der Waals surface area contributed by atoms with Crippen LogP contribution < -0.4 is 21.3 Å². The third kappa shape index (κ3) is 20.1. The first-order valence-corrected chi connectivity index (χ1v) is 32.9. The number of carbonyl (C=O) groups excluding carboxylic acids is 9. The maximum absolute atomic E-state index is 14.5. The number of epoxide rings is 1. The SMILES string of the molecule is CO[C@@H]1/C=C/C=C(\C)Cc2cc(C)c(Cl)c(c2)N(C)C(=O)C[C@H](OC(=O)[C@H](C)N(C)C(=O)c2ccc(CC(=O)[C@H](CCCNC(N)=O)NC(=O)[C@@H](CC(=O)CCCCC(C)(C)OC(=O)C(CBr)CBr)C(C)C)c(O)c2)[C@]2(C)O[C@H]2[C@H](C)[C@@H]2C[C@@]1(O)CC(=O)O2. The first-order valence-electron chi connectivity index (χ1n) is 30.2. The molecule has 5 amide bonds. The second-order valence-electron chi connectivity index (χ2n) is 25.2. The Balaban J connectivity index is 1.31. The number of aryl methyl sites for hydroxylation is 1. The summed E-state index contributed by atoms with van der Waals surface area (Å²) in [6, 6.07) is 4.45. The Morgan fingerprint density at radius 1 is 1.01 bits per heavy atom. The van der Waals surface area contributed by atoms with Crippen molar-refractivity contribution in [2.75, 3.05) is 43.3 Å². The number of unbranched alkanes of at least 4 members (excludes halogenated alkanes) is 1. The van der Waals surface area contributed by atoms with E-state index in [9.17, 15) is 53.4 Å². The van der Waals surface area contributed by atoms with E-state index >= 15 is 0 Å². The number of aromatic hydroxyl groups is 1. The Hall–Kier alpha value is -5.72. The highest BCUT2D eigenvalue weighted by Crippen LogP contribution is 2.50. The summed E-state index contributed by atoms with van der Waals surface area (Å²) in [5.74, 6) is -6.71. The number of urea groups is 1. The molecule has 3 aliphatic heterocycles. The summed E-state index contributed by atoms with van der Waals surface area (Å²) in [6.45, 7) is 16.0. The zero-order chi connectivity index (χ0) is 66.5. The maximum atomic E-state index is 14.5. The molecule has 492 valence electrons. The van der Waals surface area contributed by atoms with E-state index < -0.39 is 125 Å². The minimum Gasteiger partial charge on any atom is -0.508 e. The lowest BCUT2D eigenvalue weighted by molar-refractivity contribution is -0.187. The molecule has 5 rings (SSSR count). The zero-order valence-electron chi connectivity index (χ0n) is 53.2. The number of Topliss-reactive ketones (excluding diaryl/α,β-unsaturated/α-hetero) is 2. The molecule has 0 radical (unpaired) electrons. The number of likely N-dealkylation sites (N-methyl/N-ethyl adjacent to an activating group) is 1. The van der Waals surface area contributed by atoms with Gasteiger partial charge >= 0.3 is 23.9 Å². The van der Waals surface area contributed by atoms with Crippen molar-refractivity contribution in [3.63, 3.8) is 0 Å². The Labute approximate surface area is 544 Å². The molecule has 0 aromatic heterocycles. The normalized spacial score (nSPS) is 24.2. The highest BCUT2D eigenvalue weighted by molar-refractivity contribution is 9.09. The van der Waals surface area contributed by atoms with E-state index in [1.165, 1.54) is 38.1 Å². The number of benzene rings is 2. The third-order valence-electron chi connectivity index (χ3n) is 17.2. The number of phenolic OH excluding ortho intramolecular Hbond substituents is 1. The number of rotatable bonds is 26. The van der Waals surface area contributed by atoms with Gasteiger partial charge in [-0.05, 0) is 115 Å². The Kier molecular flexibility index (Phi) is 27.0. The van der Waals surface area contributed by atoms with Crippen molar-refractivity contribution in [2.45, 2.75) is 193 Å². The molecule has 2 aromatic rings. The lowest BCUT2D eigenvalue weighted by Crippen LogP contribution is -2.53. The van der Waals surface area contributed by atoms with Crippen molar-refractivity contribution < 1.29 is 77.0 Å². The number of nitrogens with two attached hydrogens (primary N) is 1. The Morgan fingerprint density at radius 3 is 2.33 bits per heavy atom. The van der Waals surface area contributed by atoms with Gasteiger partial charge in [0.2, 0.25) is 11.8 Å². The topological polar surface area (TPSA) is 300 Å². The molecule has 6 N–H and O–H groups in total. The van der Waals surface area contributed by atoms with Gasteiger partial charge in [0, 0.05) is 87.1 Å². The van der Waals surface area contributed by atoms with Gasteiger partial charge in [0.1, 0.15) is 52.7 Å². The number of fused-ring (bicyclic) bond motifs is 5. The molecule has 89 heavy (non-hydrogen) atoms. The van der Waals surface area contributed by atoms with Gasteiger partial charge in [-0.3, -0.25) is 33.6 Å². The van der Waals surface area contributed by atoms with Crippen molar-refractivity contribution in [1.82, 2.24) is 15.5 Å². The summed E-state index contributed by atoms with van der Waals surface area (Å²) >= 11 is 13.5. The number of primary amides is 1. The van der Waals surface area contributed by atoms with Crippen LogP contribution in [-0.2, 0) is 70.1 Å². The number of phenols is 1. The number of ketones is 2. The van der Waals surface area contributed by atoms with E-state index in [1.807, 2.05) is 45.9 Å². The molecule has 0 unspecified atom stereocenters. The van der Waals surface area contributed by atoms with Crippen LogP contribution in [0.15, 0.2) is 54.1 Å². The molecule has 3 aliphatic rings. The first kappa shape index (κ1) is 74.0. The number of hydrogen-bond acceptors (Lipinski definition) is 16. The molecule has 3 heterocycles. The van der Waals surface area contributed by atoms with Gasteiger partial charge in [0.05, 0.1) is 41.6 Å². The standard InChI is InChI=1S/C65H90Br2ClN5O16/c1-36(2)46(30-45(74)18-13-14-23-63(7,8)89-61(82)44(34-66)35-67)58(79)71-47(19-16-24-70-62(69)83)50(76)28-42-21-22-43(29-49(42)75)59(80)72(10)40(6)60(81)87-53-31-54(77)73(11)48-27-41(26-38(4)56(48)68)25-37(3)17-15-20-52(85-12)65(84)32-51(86-55(78)33-65)39(5)57-64(53,9)88-57/h15,17,20-22,26-27,29,36,39-40,44,46-47,51-53,57,75,84H,13-14,16,18-19,23-25,28,30-35H2,1-12H3,(H,71,79)(H3,69,70,83)/b20-15+,37-17+/t39-,40+,46+,47+,51+,52-,53+,57+,64+,65-/m1/s1. The van der Waals surface area contributed by atoms with Crippen LogP contribution in [0.1, 0.15) is 147 Å². The molecule has 0 saturated carbocycles. The van der Waals surface area contributed by atoms with Crippen molar-refractivity contribution in [1.29, 1.82) is 0 Å². The monoisotopic (exact) mass is 1390 g/mol. The number of nitrogens with zero attached hydrogens (tertiary/aromatic N) is 2. The number of alkyl halides is 2. The largest absolute Gasteiger partial charge is 0.508 e. The van der Waals surface area contributed by atoms with E-state index in [0.717, 1.165) is 27.7 Å². The smallest absolute Gasteiger partial charge is 0.328 e. The predicted molar refractivity (Wildman–Crippen MR) is 343 cm³/mol. The van der Waals surface area contributed by atoms with Gasteiger partial charge in [-0.2, -0.15) is 0 Å². The number of carbonyl (C=O) groups is 9. The second-order valence-corrected chi connectivity index (χ2v) is 26.9. The van der Waals surface area contributed by atoms with Crippen LogP contribution >= 0.6 is 43.5 Å². The van der Waals surface area contributed by atoms with Crippen LogP contribution in [0.2, 0.25) is 5.02 Å². The molecule has 4 bridgehead atoms. The van der Waals surface area contributed by atoms with Crippen molar-refractivity contribution in [3.8, 4) is 5.75 Å². The molecular weight excluding hydrogens is 1300 g/mol. The quantitative estimate of drug-likeness (QED) is 0.0193. The van der Waals surface area contributed by atoms with Crippen LogP contribution in [0.5, 0.6) is 5.75 Å². The number of esters is 3. The number of aliphatic hydroxyl groups is 1. The number of anilines is 1. The highest BCUT2D eigenvalue weighted by Gasteiger charge is 2.64. The Morgan fingerprint density at radius 2 is 1.70 bits per heavy atom. The molecule has 21 nitrogen and oxygen atoms in total. The number of allylic oxidation sites excluding steroid dienone is 3. The van der Waals surface area contributed by atoms with Crippen LogP contribution in [0.3, 0.4) is 0 Å². The van der Waals surface area contributed by atoms with Gasteiger partial charge in [-0.15, -0.1) is 0 Å². The lowest BCUT2D eigenvalue weighted by Gasteiger charge is -2.41. The maximum Gasteiger partial charge on any atom is 0.328 e. The number of nitrogens with one attached hydrogen (secondary N) is 2. The fourth-order valence-electron chi connectivity index (χ4n) is 11.4. The van der Waals surface area contributed by atoms with E-state index in [1.54, 1.807) is 46.9 Å². The first-order chi connectivity index (χ1) is 41.7. The van der Waals surface area contributed by atoms with Crippen LogP contribution in [0.25, 0.3) is 0 Å². The molecule has 10 atom stereocenters. The van der Waals surface area contributed by atoms with Crippen molar-refractivity contribution in [2.24, 2.45) is 29.4 Å². The number of methoxy groups -OCH3 is 1. The zero-order valence-corrected chi connectivity index (χ0v) is 57.1. The van der Waals surface area contributed by atoms with E-state index in [0.29, 0.717) is 47.1 Å². The predicted octanol–water partition coefficient (Wildman–Crippen LogP) is 8.65. The average Bonchev–Trinajstić information content (AvgIpc) is 1.61. The second kappa shape index (κ2) is 32.5. The van der Waals surface area contributed by atoms with Gasteiger partial charge < -0.3 is 60.1 Å². The summed E-state index contributed by atoms with van der Waals surface area (Å²) in [5.41, 5.74) is 4.51. The third-order valence-corrected chi connectivity index (χ3v) is 19.3.